The van der Waals surface area contributed by atoms with Crippen molar-refractivity contribution in [2.24, 2.45) is 4.99 Å². The molecule has 2 atom stereocenters. The van der Waals surface area contributed by atoms with Crippen molar-refractivity contribution >= 4 is 29.9 Å². The third kappa shape index (κ3) is 6.90. The summed E-state index contributed by atoms with van der Waals surface area (Å²) in [5.74, 6) is 0.728. The maximum atomic E-state index is 13.7. The van der Waals surface area contributed by atoms with E-state index in [0.717, 1.165) is 25.5 Å². The highest BCUT2D eigenvalue weighted by atomic mass is 127. The average molecular weight is 478 g/mol. The number of hydrogen-bond acceptors (Lipinski definition) is 3. The van der Waals surface area contributed by atoms with Crippen LogP contribution in [0.2, 0.25) is 0 Å². The van der Waals surface area contributed by atoms with Gasteiger partial charge in [-0.2, -0.15) is 0 Å². The van der Waals surface area contributed by atoms with E-state index in [9.17, 15) is 4.39 Å². The van der Waals surface area contributed by atoms with Crippen molar-refractivity contribution in [2.45, 2.75) is 45.3 Å². The molecule has 2 rings (SSSR count). The number of hydrogen-bond donors (Lipinski definition) is 2. The van der Waals surface area contributed by atoms with Gasteiger partial charge in [0, 0.05) is 19.6 Å². The molecule has 1 heterocycles. The van der Waals surface area contributed by atoms with E-state index in [1.165, 1.54) is 25.5 Å². The fourth-order valence-electron chi connectivity index (χ4n) is 3.18. The quantitative estimate of drug-likeness (QED) is 0.342. The zero-order chi connectivity index (χ0) is 18.1. The van der Waals surface area contributed by atoms with Gasteiger partial charge in [-0.05, 0) is 44.5 Å². The number of rotatable bonds is 8. The fourth-order valence-corrected chi connectivity index (χ4v) is 3.18. The molecular weight excluding hydrogens is 446 g/mol. The number of guanidine groups is 1. The molecular formula is C19H32FIN4O. The van der Waals surface area contributed by atoms with Gasteiger partial charge in [-0.15, -0.1) is 24.0 Å². The van der Waals surface area contributed by atoms with Crippen LogP contribution in [0.3, 0.4) is 0 Å². The van der Waals surface area contributed by atoms with Crippen molar-refractivity contribution in [3.05, 3.63) is 30.1 Å². The molecule has 2 unspecified atom stereocenters. The highest BCUT2D eigenvalue weighted by Gasteiger charge is 2.22. The Hall–Kier alpha value is -1.09. The summed E-state index contributed by atoms with van der Waals surface area (Å²) in [5, 5.41) is 6.69. The second-order valence-electron chi connectivity index (χ2n) is 6.34. The van der Waals surface area contributed by atoms with E-state index in [1.54, 1.807) is 25.2 Å². The first-order chi connectivity index (χ1) is 12.2. The monoisotopic (exact) mass is 478 g/mol. The molecule has 2 N–H and O–H groups in total. The van der Waals surface area contributed by atoms with Crippen molar-refractivity contribution in [3.63, 3.8) is 0 Å². The van der Waals surface area contributed by atoms with Crippen LogP contribution in [0.15, 0.2) is 29.3 Å². The Labute approximate surface area is 173 Å². The summed E-state index contributed by atoms with van der Waals surface area (Å²) < 4.78 is 19.5. The van der Waals surface area contributed by atoms with E-state index in [1.807, 2.05) is 6.92 Å². The van der Waals surface area contributed by atoms with Gasteiger partial charge in [0.2, 0.25) is 0 Å². The lowest BCUT2D eigenvalue weighted by Crippen LogP contribution is -2.47. The predicted molar refractivity (Wildman–Crippen MR) is 116 cm³/mol. The summed E-state index contributed by atoms with van der Waals surface area (Å²) >= 11 is 0. The molecule has 0 aromatic heterocycles. The topological polar surface area (TPSA) is 48.9 Å². The number of benzene rings is 1. The van der Waals surface area contributed by atoms with Crippen LogP contribution in [0.4, 0.5) is 4.39 Å². The molecule has 148 valence electrons. The van der Waals surface area contributed by atoms with Crippen LogP contribution in [0.25, 0.3) is 0 Å². The summed E-state index contributed by atoms with van der Waals surface area (Å²) in [4.78, 5) is 6.77. The predicted octanol–water partition coefficient (Wildman–Crippen LogP) is 3.25. The number of nitrogens with zero attached hydrogens (tertiary/aromatic N) is 2. The lowest BCUT2D eigenvalue weighted by molar-refractivity contribution is 0.191. The van der Waals surface area contributed by atoms with Crippen LogP contribution < -0.4 is 15.4 Å². The van der Waals surface area contributed by atoms with Crippen LogP contribution in [0.5, 0.6) is 5.75 Å². The molecule has 0 radical (unpaired) electrons. The molecule has 1 aromatic carbocycles. The highest BCUT2D eigenvalue weighted by molar-refractivity contribution is 14.0. The van der Waals surface area contributed by atoms with E-state index in [-0.39, 0.29) is 35.9 Å². The molecule has 1 aliphatic heterocycles. The zero-order valence-electron chi connectivity index (χ0n) is 16.0. The molecule has 1 aliphatic rings. The van der Waals surface area contributed by atoms with Gasteiger partial charge in [-0.25, -0.2) is 4.39 Å². The minimum absolute atomic E-state index is 0. The Morgan fingerprint density at radius 2 is 2.12 bits per heavy atom. The van der Waals surface area contributed by atoms with E-state index in [4.69, 9.17) is 4.74 Å². The maximum absolute atomic E-state index is 13.7. The van der Waals surface area contributed by atoms with Crippen molar-refractivity contribution in [1.29, 1.82) is 0 Å². The summed E-state index contributed by atoms with van der Waals surface area (Å²) in [5.41, 5.74) is 0. The van der Waals surface area contributed by atoms with Gasteiger partial charge in [0.05, 0.1) is 6.54 Å². The molecule has 0 spiro atoms. The SMILES string of the molecule is CCC(CNC(=NC)NCC1CCCN1CC)Oc1ccccc1F.I. The lowest BCUT2D eigenvalue weighted by Gasteiger charge is -2.24. The van der Waals surface area contributed by atoms with Gasteiger partial charge in [0.1, 0.15) is 6.10 Å². The van der Waals surface area contributed by atoms with Gasteiger partial charge >= 0.3 is 0 Å². The Morgan fingerprint density at radius 3 is 2.77 bits per heavy atom. The number of nitrogens with one attached hydrogen (secondary N) is 2. The molecule has 1 fully saturated rings. The molecule has 5 nitrogen and oxygen atoms in total. The summed E-state index contributed by atoms with van der Waals surface area (Å²) in [6.45, 7) is 7.97. The van der Waals surface area contributed by atoms with Crippen molar-refractivity contribution in [1.82, 2.24) is 15.5 Å². The minimum Gasteiger partial charge on any atom is -0.486 e. The summed E-state index contributed by atoms with van der Waals surface area (Å²) in [6, 6.07) is 7.08. The fraction of sp³-hybridized carbons (Fsp3) is 0.632. The van der Waals surface area contributed by atoms with E-state index in [0.29, 0.717) is 18.3 Å². The molecule has 0 amide bonds. The molecule has 0 bridgehead atoms. The molecule has 26 heavy (non-hydrogen) atoms. The van der Waals surface area contributed by atoms with Crippen molar-refractivity contribution in [2.75, 3.05) is 33.2 Å². The third-order valence-electron chi connectivity index (χ3n) is 4.72. The van der Waals surface area contributed by atoms with Gasteiger partial charge < -0.3 is 15.4 Å². The van der Waals surface area contributed by atoms with Gasteiger partial charge in [0.25, 0.3) is 0 Å². The van der Waals surface area contributed by atoms with Gasteiger partial charge in [0.15, 0.2) is 17.5 Å². The normalized spacial score (nSPS) is 18.9. The van der Waals surface area contributed by atoms with Crippen molar-refractivity contribution in [3.8, 4) is 5.75 Å². The number of ether oxygens (including phenoxy) is 1. The zero-order valence-corrected chi connectivity index (χ0v) is 18.3. The van der Waals surface area contributed by atoms with Crippen LogP contribution in [-0.4, -0.2) is 56.2 Å². The van der Waals surface area contributed by atoms with Crippen LogP contribution in [-0.2, 0) is 0 Å². The second-order valence-corrected chi connectivity index (χ2v) is 6.34. The van der Waals surface area contributed by atoms with Crippen LogP contribution in [0, 0.1) is 5.82 Å². The number of aliphatic imine (C=N–C) groups is 1. The van der Waals surface area contributed by atoms with Crippen LogP contribution >= 0.6 is 24.0 Å². The van der Waals surface area contributed by atoms with E-state index in [2.05, 4.69) is 27.4 Å². The number of halogens is 2. The van der Waals surface area contributed by atoms with Gasteiger partial charge in [-0.1, -0.05) is 26.0 Å². The van der Waals surface area contributed by atoms with Crippen molar-refractivity contribution < 1.29 is 9.13 Å². The molecule has 0 saturated carbocycles. The Kier molecular flexibility index (Phi) is 10.9. The maximum Gasteiger partial charge on any atom is 0.191 e. The minimum atomic E-state index is -0.329. The third-order valence-corrected chi connectivity index (χ3v) is 4.72. The Morgan fingerprint density at radius 1 is 1.35 bits per heavy atom. The van der Waals surface area contributed by atoms with Gasteiger partial charge in [-0.3, -0.25) is 9.89 Å². The Bertz CT molecular complexity index is 558. The average Bonchev–Trinajstić information content (AvgIpc) is 3.09. The molecule has 0 aliphatic carbocycles. The Balaban J connectivity index is 0.00000338. The molecule has 7 heteroatoms. The second kappa shape index (κ2) is 12.3. The summed E-state index contributed by atoms with van der Waals surface area (Å²) in [6.07, 6.45) is 3.16. The lowest BCUT2D eigenvalue weighted by atomic mass is 10.2. The first-order valence-electron chi connectivity index (χ1n) is 9.27. The number of likely N-dealkylation sites (tertiary alicyclic amines) is 1. The van der Waals surface area contributed by atoms with E-state index >= 15 is 0 Å². The molecule has 1 aromatic rings. The smallest absolute Gasteiger partial charge is 0.191 e. The largest absolute Gasteiger partial charge is 0.486 e. The number of para-hydroxylation sites is 1. The number of likely N-dealkylation sites (N-methyl/N-ethyl adjacent to an activating group) is 1. The first-order valence-corrected chi connectivity index (χ1v) is 9.27. The highest BCUT2D eigenvalue weighted by Crippen LogP contribution is 2.18. The first kappa shape index (κ1) is 23.0. The molecule has 1 saturated heterocycles. The summed E-state index contributed by atoms with van der Waals surface area (Å²) in [7, 11) is 1.76. The standard InChI is InChI=1S/C19H31FN4O.HI/c1-4-16(25-18-11-7-6-10-17(18)20)14-23-19(21-3)22-13-15-9-8-12-24(15)5-2;/h6-7,10-11,15-16H,4-5,8-9,12-14H2,1-3H3,(H2,21,22,23);1H. The van der Waals surface area contributed by atoms with E-state index < -0.39 is 0 Å². The van der Waals surface area contributed by atoms with Crippen LogP contribution in [0.1, 0.15) is 33.1 Å².